The van der Waals surface area contributed by atoms with Crippen LogP contribution in [0, 0.1) is 0 Å². The Morgan fingerprint density at radius 3 is 2.63 bits per heavy atom. The van der Waals surface area contributed by atoms with Crippen molar-refractivity contribution in [1.82, 2.24) is 25.1 Å². The Morgan fingerprint density at radius 1 is 1.29 bits per heavy atom. The highest BCUT2D eigenvalue weighted by Crippen LogP contribution is 2.34. The zero-order valence-corrected chi connectivity index (χ0v) is 22.1. The fraction of sp³-hybridized carbons (Fsp3) is 0.458. The van der Waals surface area contributed by atoms with E-state index in [1.54, 1.807) is 23.6 Å². The number of aromatic nitrogens is 4. The lowest BCUT2D eigenvalue weighted by atomic mass is 10.1. The first-order valence-corrected chi connectivity index (χ1v) is 12.4. The molecule has 3 aromatic rings. The number of nitrogens with one attached hydrogen (secondary N) is 2. The van der Waals surface area contributed by atoms with Gasteiger partial charge in [0.1, 0.15) is 12.2 Å². The summed E-state index contributed by atoms with van der Waals surface area (Å²) in [5.41, 5.74) is 0.0417. The molecule has 14 heteroatoms. The van der Waals surface area contributed by atoms with Crippen molar-refractivity contribution in [2.24, 2.45) is 0 Å². The van der Waals surface area contributed by atoms with Gasteiger partial charge in [-0.15, -0.1) is 10.2 Å². The molecule has 0 spiro atoms. The molecule has 1 fully saturated rings. The van der Waals surface area contributed by atoms with Gasteiger partial charge in [0, 0.05) is 45.5 Å². The van der Waals surface area contributed by atoms with Crippen molar-refractivity contribution >= 4 is 46.0 Å². The van der Waals surface area contributed by atoms with Gasteiger partial charge in [-0.2, -0.15) is 13.2 Å². The quantitative estimate of drug-likeness (QED) is 0.481. The lowest BCUT2D eigenvalue weighted by Gasteiger charge is -2.37. The average molecular weight is 553 g/mol. The molecule has 1 aliphatic rings. The molecule has 2 aromatic heterocycles. The van der Waals surface area contributed by atoms with Crippen LogP contribution in [0.4, 0.5) is 30.5 Å². The van der Waals surface area contributed by atoms with E-state index in [0.717, 1.165) is 18.2 Å². The summed E-state index contributed by atoms with van der Waals surface area (Å²) >= 11 is 6.03. The second-order valence-corrected chi connectivity index (χ2v) is 9.64. The van der Waals surface area contributed by atoms with Gasteiger partial charge in [-0.25, -0.2) is 4.98 Å². The van der Waals surface area contributed by atoms with Crippen molar-refractivity contribution < 1.29 is 18.0 Å². The molecule has 0 unspecified atom stereocenters. The molecule has 204 valence electrons. The third-order valence-corrected chi connectivity index (χ3v) is 6.65. The second-order valence-electron chi connectivity index (χ2n) is 9.23. The van der Waals surface area contributed by atoms with Gasteiger partial charge in [0.25, 0.3) is 0 Å². The molecule has 1 amide bonds. The van der Waals surface area contributed by atoms with Gasteiger partial charge in [-0.3, -0.25) is 9.59 Å². The average Bonchev–Trinajstić information content (AvgIpc) is 2.86. The summed E-state index contributed by atoms with van der Waals surface area (Å²) in [4.78, 5) is 35.0. The topological polar surface area (TPSA) is 108 Å². The van der Waals surface area contributed by atoms with Crippen LogP contribution < -0.4 is 25.9 Å². The van der Waals surface area contributed by atoms with Crippen molar-refractivity contribution in [3.8, 4) is 0 Å². The van der Waals surface area contributed by atoms with Crippen LogP contribution in [-0.4, -0.2) is 65.4 Å². The molecule has 10 nitrogen and oxygen atoms in total. The summed E-state index contributed by atoms with van der Waals surface area (Å²) in [5, 5.41) is 14.0. The normalized spacial score (nSPS) is 16.1. The number of alkyl halides is 3. The Bertz CT molecular complexity index is 1430. The lowest BCUT2D eigenvalue weighted by Crippen LogP contribution is -2.52. The Balaban J connectivity index is 1.80. The van der Waals surface area contributed by atoms with Crippen molar-refractivity contribution in [1.29, 1.82) is 0 Å². The third kappa shape index (κ3) is 5.39. The van der Waals surface area contributed by atoms with Gasteiger partial charge in [-0.1, -0.05) is 18.5 Å². The molecular formula is C24H28ClF3N8O2. The number of hydrogen-bond donors (Lipinski definition) is 2. The number of fused-ring (bicyclic) bond motifs is 1. The van der Waals surface area contributed by atoms with Gasteiger partial charge in [0.2, 0.25) is 17.3 Å². The highest BCUT2D eigenvalue weighted by molar-refractivity contribution is 6.33. The second kappa shape index (κ2) is 10.7. The molecule has 1 saturated heterocycles. The summed E-state index contributed by atoms with van der Waals surface area (Å²) < 4.78 is 40.6. The number of carbonyl (C=O) groups excluding carboxylic acids is 1. The Morgan fingerprint density at radius 2 is 2.03 bits per heavy atom. The van der Waals surface area contributed by atoms with E-state index >= 15 is 0 Å². The van der Waals surface area contributed by atoms with E-state index < -0.39 is 17.6 Å². The van der Waals surface area contributed by atoms with Gasteiger partial charge >= 0.3 is 6.18 Å². The molecule has 0 aliphatic carbocycles. The molecule has 2 N–H and O–H groups in total. The van der Waals surface area contributed by atoms with E-state index in [1.807, 2.05) is 18.7 Å². The SMILES string of the molecule is CCc1c(N2CCNC[C@@H]2C)c(=O)c2nc(N(C)C)nnc2n1CC(=O)Nc1ccc(C(F)(F)F)cc1Cl. The first kappa shape index (κ1) is 27.6. The predicted molar refractivity (Wildman–Crippen MR) is 140 cm³/mol. The standard InChI is InChI=1S/C24H28ClF3N8O2/c1-5-17-20(35-9-8-29-11-13(35)2)21(38)19-22(32-33-23(31-19)34(3)4)36(17)12-18(37)30-16-7-6-14(10-15(16)25)24(26,27)28/h6-7,10,13,29H,5,8-9,11-12H2,1-4H3,(H,30,37)/t13-/m0/s1. The number of carbonyl (C=O) groups is 1. The number of amides is 1. The summed E-state index contributed by atoms with van der Waals surface area (Å²) in [6, 6.07) is 2.71. The Labute approximate surface area is 221 Å². The smallest absolute Gasteiger partial charge is 0.362 e. The number of halogens is 4. The van der Waals surface area contributed by atoms with Gasteiger partial charge in [0.15, 0.2) is 11.2 Å². The van der Waals surface area contributed by atoms with Crippen molar-refractivity contribution in [3.05, 3.63) is 44.7 Å². The molecule has 1 atom stereocenters. The van der Waals surface area contributed by atoms with E-state index in [2.05, 4.69) is 25.8 Å². The van der Waals surface area contributed by atoms with Gasteiger partial charge < -0.3 is 25.0 Å². The summed E-state index contributed by atoms with van der Waals surface area (Å²) in [7, 11) is 3.45. The monoisotopic (exact) mass is 552 g/mol. The molecule has 0 bridgehead atoms. The van der Waals surface area contributed by atoms with Crippen LogP contribution in [-0.2, 0) is 23.9 Å². The van der Waals surface area contributed by atoms with Crippen LogP contribution in [0.5, 0.6) is 0 Å². The predicted octanol–water partition coefficient (Wildman–Crippen LogP) is 2.92. The number of pyridine rings is 1. The third-order valence-electron chi connectivity index (χ3n) is 6.34. The van der Waals surface area contributed by atoms with Gasteiger partial charge in [-0.05, 0) is 31.5 Å². The highest BCUT2D eigenvalue weighted by Gasteiger charge is 2.31. The zero-order chi connectivity index (χ0) is 27.8. The van der Waals surface area contributed by atoms with Crippen LogP contribution in [0.15, 0.2) is 23.0 Å². The molecule has 0 radical (unpaired) electrons. The molecule has 3 heterocycles. The van der Waals surface area contributed by atoms with E-state index in [-0.39, 0.29) is 45.8 Å². The fourth-order valence-corrected chi connectivity index (χ4v) is 4.69. The highest BCUT2D eigenvalue weighted by atomic mass is 35.5. The van der Waals surface area contributed by atoms with Crippen LogP contribution in [0.25, 0.3) is 11.2 Å². The summed E-state index contributed by atoms with van der Waals surface area (Å²) in [6.45, 7) is 5.53. The van der Waals surface area contributed by atoms with E-state index in [9.17, 15) is 22.8 Å². The van der Waals surface area contributed by atoms with Gasteiger partial charge in [0.05, 0.1) is 16.3 Å². The molecule has 0 saturated carbocycles. The first-order valence-electron chi connectivity index (χ1n) is 12.0. The van der Waals surface area contributed by atoms with E-state index in [1.165, 1.54) is 0 Å². The number of anilines is 3. The summed E-state index contributed by atoms with van der Waals surface area (Å²) in [5.74, 6) is -0.324. The minimum atomic E-state index is -4.56. The first-order chi connectivity index (χ1) is 17.9. The maximum absolute atomic E-state index is 13.8. The van der Waals surface area contributed by atoms with E-state index in [4.69, 9.17) is 11.6 Å². The molecule has 1 aliphatic heterocycles. The van der Waals surface area contributed by atoms with E-state index in [0.29, 0.717) is 37.4 Å². The molecule has 4 rings (SSSR count). The maximum Gasteiger partial charge on any atom is 0.416 e. The number of nitrogens with zero attached hydrogens (tertiary/aromatic N) is 6. The van der Waals surface area contributed by atoms with Crippen LogP contribution in [0.2, 0.25) is 5.02 Å². The number of benzene rings is 1. The molecular weight excluding hydrogens is 525 g/mol. The molecule has 1 aromatic carbocycles. The van der Waals surface area contributed by atoms with Crippen molar-refractivity contribution in [3.63, 3.8) is 0 Å². The van der Waals surface area contributed by atoms with Crippen LogP contribution in [0.1, 0.15) is 25.1 Å². The zero-order valence-electron chi connectivity index (χ0n) is 21.4. The van der Waals surface area contributed by atoms with Crippen molar-refractivity contribution in [2.75, 3.05) is 48.8 Å². The Hall–Kier alpha value is -3.45. The summed E-state index contributed by atoms with van der Waals surface area (Å²) in [6.07, 6.45) is -4.16. The fourth-order valence-electron chi connectivity index (χ4n) is 4.46. The maximum atomic E-state index is 13.8. The minimum Gasteiger partial charge on any atom is -0.362 e. The number of piperazine rings is 1. The lowest BCUT2D eigenvalue weighted by molar-refractivity contribution is -0.137. The van der Waals surface area contributed by atoms with Crippen LogP contribution >= 0.6 is 11.6 Å². The van der Waals surface area contributed by atoms with Crippen molar-refractivity contribution in [2.45, 2.75) is 39.0 Å². The van der Waals surface area contributed by atoms with Crippen LogP contribution in [0.3, 0.4) is 0 Å². The Kier molecular flexibility index (Phi) is 7.79. The number of hydrogen-bond acceptors (Lipinski definition) is 8. The number of rotatable bonds is 6. The largest absolute Gasteiger partial charge is 0.416 e. The minimum absolute atomic E-state index is 0.00976. The molecule has 38 heavy (non-hydrogen) atoms.